The van der Waals surface area contributed by atoms with Gasteiger partial charge in [0.2, 0.25) is 0 Å². The molecule has 0 spiro atoms. The lowest BCUT2D eigenvalue weighted by Crippen LogP contribution is -2.27. The van der Waals surface area contributed by atoms with Crippen molar-refractivity contribution >= 4 is 43.7 Å². The summed E-state index contributed by atoms with van der Waals surface area (Å²) in [5, 5.41) is 11.3. The summed E-state index contributed by atoms with van der Waals surface area (Å²) in [7, 11) is 0. The molecule has 0 aliphatic carbocycles. The normalized spacial score (nSPS) is 12.4. The number of imidazole rings is 1. The van der Waals surface area contributed by atoms with Crippen LogP contribution in [0.1, 0.15) is 26.6 Å². The van der Waals surface area contributed by atoms with E-state index in [4.69, 9.17) is 10.5 Å². The molecule has 6 nitrogen and oxygen atoms in total. The van der Waals surface area contributed by atoms with Gasteiger partial charge in [0, 0.05) is 16.5 Å². The quantitative estimate of drug-likeness (QED) is 0.695. The molecule has 3 N–H and O–H groups in total. The molecule has 2 aromatic heterocycles. The molecule has 7 heteroatoms. The molecule has 0 amide bonds. The molecule has 3 rings (SSSR count). The van der Waals surface area contributed by atoms with Gasteiger partial charge in [-0.3, -0.25) is 0 Å². The van der Waals surface area contributed by atoms with Crippen LogP contribution in [0.2, 0.25) is 0 Å². The third-order valence-electron chi connectivity index (χ3n) is 3.74. The Morgan fingerprint density at radius 2 is 2.04 bits per heavy atom. The third kappa shape index (κ3) is 3.11. The minimum Gasteiger partial charge on any atom is -0.389 e. The second-order valence-electron chi connectivity index (χ2n) is 6.39. The lowest BCUT2D eigenvalue weighted by molar-refractivity contribution is 0.0582. The zero-order valence-corrected chi connectivity index (χ0v) is 15.6. The SMILES string of the molecule is CCOCc1nc2c(N)nc3c(Br)cccc3c2n1CC(C)(C)O. The van der Waals surface area contributed by atoms with Crippen LogP contribution in [0.15, 0.2) is 22.7 Å². The molecule has 0 atom stereocenters. The molecule has 0 radical (unpaired) electrons. The number of fused-ring (bicyclic) bond motifs is 3. The average Bonchev–Trinajstić information content (AvgIpc) is 2.84. The van der Waals surface area contributed by atoms with Crippen LogP contribution in [-0.4, -0.2) is 31.8 Å². The summed E-state index contributed by atoms with van der Waals surface area (Å²) in [5.74, 6) is 1.10. The van der Waals surface area contributed by atoms with Crippen molar-refractivity contribution in [2.45, 2.75) is 39.5 Å². The van der Waals surface area contributed by atoms with E-state index < -0.39 is 5.60 Å². The van der Waals surface area contributed by atoms with Crippen molar-refractivity contribution in [3.8, 4) is 0 Å². The molecule has 1 aromatic carbocycles. The van der Waals surface area contributed by atoms with Gasteiger partial charge in [-0.25, -0.2) is 9.97 Å². The summed E-state index contributed by atoms with van der Waals surface area (Å²) in [6, 6.07) is 5.87. The topological polar surface area (TPSA) is 86.2 Å². The molecule has 0 saturated carbocycles. The molecule has 128 valence electrons. The maximum Gasteiger partial charge on any atom is 0.152 e. The number of ether oxygens (including phenoxy) is 1. The average molecular weight is 393 g/mol. The maximum atomic E-state index is 10.3. The van der Waals surface area contributed by atoms with E-state index >= 15 is 0 Å². The second kappa shape index (κ2) is 6.31. The highest BCUT2D eigenvalue weighted by Gasteiger charge is 2.22. The van der Waals surface area contributed by atoms with Gasteiger partial charge in [-0.15, -0.1) is 0 Å². The first kappa shape index (κ1) is 17.1. The number of halogens is 1. The Labute approximate surface area is 148 Å². The van der Waals surface area contributed by atoms with Gasteiger partial charge in [-0.05, 0) is 42.8 Å². The van der Waals surface area contributed by atoms with Crippen LogP contribution in [0.5, 0.6) is 0 Å². The number of benzene rings is 1. The van der Waals surface area contributed by atoms with E-state index in [1.165, 1.54) is 0 Å². The predicted octanol–water partition coefficient (Wildman–Crippen LogP) is 3.24. The molecular weight excluding hydrogens is 372 g/mol. The Morgan fingerprint density at radius 3 is 2.71 bits per heavy atom. The number of rotatable bonds is 5. The summed E-state index contributed by atoms with van der Waals surface area (Å²) in [6.45, 7) is 6.81. The summed E-state index contributed by atoms with van der Waals surface area (Å²) in [5.41, 5.74) is 7.55. The predicted molar refractivity (Wildman–Crippen MR) is 98.8 cm³/mol. The van der Waals surface area contributed by atoms with Crippen molar-refractivity contribution in [3.05, 3.63) is 28.5 Å². The van der Waals surface area contributed by atoms with Crippen molar-refractivity contribution in [1.82, 2.24) is 14.5 Å². The van der Waals surface area contributed by atoms with Gasteiger partial charge in [0.05, 0.1) is 23.2 Å². The number of nitrogens with two attached hydrogens (primary N) is 1. The van der Waals surface area contributed by atoms with E-state index in [9.17, 15) is 5.11 Å². The molecule has 0 unspecified atom stereocenters. The molecule has 3 aromatic rings. The summed E-state index contributed by atoms with van der Waals surface area (Å²) >= 11 is 3.53. The Bertz CT molecular complexity index is 899. The van der Waals surface area contributed by atoms with Crippen molar-refractivity contribution in [2.75, 3.05) is 12.3 Å². The molecule has 0 aliphatic rings. The summed E-state index contributed by atoms with van der Waals surface area (Å²) in [4.78, 5) is 9.12. The van der Waals surface area contributed by atoms with E-state index in [0.29, 0.717) is 31.1 Å². The number of hydrogen-bond donors (Lipinski definition) is 2. The van der Waals surface area contributed by atoms with Gasteiger partial charge >= 0.3 is 0 Å². The van der Waals surface area contributed by atoms with Crippen molar-refractivity contribution < 1.29 is 9.84 Å². The molecule has 0 fully saturated rings. The summed E-state index contributed by atoms with van der Waals surface area (Å²) < 4.78 is 8.40. The Balaban J connectivity index is 2.36. The van der Waals surface area contributed by atoms with Crippen LogP contribution in [0.3, 0.4) is 0 Å². The number of para-hydroxylation sites is 1. The molecular formula is C17H21BrN4O2. The maximum absolute atomic E-state index is 10.3. The first-order valence-corrected chi connectivity index (χ1v) is 8.64. The largest absolute Gasteiger partial charge is 0.389 e. The number of aromatic nitrogens is 3. The minimum atomic E-state index is -0.898. The molecule has 24 heavy (non-hydrogen) atoms. The van der Waals surface area contributed by atoms with E-state index in [0.717, 1.165) is 26.7 Å². The Hall–Kier alpha value is -1.70. The standard InChI is InChI=1S/C17H21BrN4O2/c1-4-24-8-12-20-14-15(22(12)9-17(2,3)23)10-6-5-7-11(18)13(10)21-16(14)19/h5-7,23H,4,8-9H2,1-3H3,(H2,19,21). The molecule has 0 aliphatic heterocycles. The van der Waals surface area contributed by atoms with Gasteiger partial charge in [-0.1, -0.05) is 12.1 Å². The Morgan fingerprint density at radius 1 is 1.29 bits per heavy atom. The number of nitrogens with zero attached hydrogens (tertiary/aromatic N) is 3. The van der Waals surface area contributed by atoms with Crippen LogP contribution in [0.4, 0.5) is 5.82 Å². The van der Waals surface area contributed by atoms with Crippen LogP contribution in [-0.2, 0) is 17.9 Å². The van der Waals surface area contributed by atoms with Crippen molar-refractivity contribution in [2.24, 2.45) is 0 Å². The number of anilines is 1. The second-order valence-corrected chi connectivity index (χ2v) is 7.25. The summed E-state index contributed by atoms with van der Waals surface area (Å²) in [6.07, 6.45) is 0. The first-order valence-electron chi connectivity index (χ1n) is 7.84. The zero-order chi connectivity index (χ0) is 17.5. The van der Waals surface area contributed by atoms with Gasteiger partial charge in [0.1, 0.15) is 17.9 Å². The van der Waals surface area contributed by atoms with E-state index in [1.807, 2.05) is 29.7 Å². The van der Waals surface area contributed by atoms with Crippen LogP contribution < -0.4 is 5.73 Å². The molecule has 0 bridgehead atoms. The van der Waals surface area contributed by atoms with E-state index in [1.54, 1.807) is 13.8 Å². The van der Waals surface area contributed by atoms with Gasteiger partial charge < -0.3 is 20.1 Å². The molecule has 0 saturated heterocycles. The monoisotopic (exact) mass is 392 g/mol. The Kier molecular flexibility index (Phi) is 4.50. The van der Waals surface area contributed by atoms with Gasteiger partial charge in [-0.2, -0.15) is 0 Å². The number of nitrogen functional groups attached to an aromatic ring is 1. The lowest BCUT2D eigenvalue weighted by Gasteiger charge is -2.20. The van der Waals surface area contributed by atoms with E-state index in [-0.39, 0.29) is 0 Å². The highest BCUT2D eigenvalue weighted by molar-refractivity contribution is 9.10. The van der Waals surface area contributed by atoms with Crippen LogP contribution in [0.25, 0.3) is 21.9 Å². The fraction of sp³-hybridized carbons (Fsp3) is 0.412. The van der Waals surface area contributed by atoms with Gasteiger partial charge in [0.15, 0.2) is 5.82 Å². The third-order valence-corrected chi connectivity index (χ3v) is 4.38. The smallest absolute Gasteiger partial charge is 0.152 e. The van der Waals surface area contributed by atoms with Crippen molar-refractivity contribution in [3.63, 3.8) is 0 Å². The molecule has 2 heterocycles. The highest BCUT2D eigenvalue weighted by Crippen LogP contribution is 2.33. The number of pyridine rings is 1. The van der Waals surface area contributed by atoms with Crippen molar-refractivity contribution in [1.29, 1.82) is 0 Å². The fourth-order valence-corrected chi connectivity index (χ4v) is 3.26. The highest BCUT2D eigenvalue weighted by atomic mass is 79.9. The number of hydrogen-bond acceptors (Lipinski definition) is 5. The van der Waals surface area contributed by atoms with Crippen LogP contribution >= 0.6 is 15.9 Å². The first-order chi connectivity index (χ1) is 11.3. The van der Waals surface area contributed by atoms with Gasteiger partial charge in [0.25, 0.3) is 0 Å². The minimum absolute atomic E-state index is 0.357. The fourth-order valence-electron chi connectivity index (χ4n) is 2.81. The lowest BCUT2D eigenvalue weighted by atomic mass is 10.1. The van der Waals surface area contributed by atoms with Crippen LogP contribution in [0, 0.1) is 0 Å². The number of aliphatic hydroxyl groups is 1. The zero-order valence-electron chi connectivity index (χ0n) is 14.0. The van der Waals surface area contributed by atoms with E-state index in [2.05, 4.69) is 25.9 Å².